The van der Waals surface area contributed by atoms with Crippen LogP contribution in [-0.2, 0) is 9.59 Å². The number of aliphatic carboxylic acids is 1. The third kappa shape index (κ3) is 3.55. The van der Waals surface area contributed by atoms with Gasteiger partial charge in [-0.2, -0.15) is 0 Å². The van der Waals surface area contributed by atoms with Gasteiger partial charge in [-0.3, -0.25) is 4.79 Å². The van der Waals surface area contributed by atoms with Gasteiger partial charge in [-0.1, -0.05) is 55.1 Å². The highest BCUT2D eigenvalue weighted by Gasteiger charge is 2.32. The number of carboxylic acids is 1. The lowest BCUT2D eigenvalue weighted by Gasteiger charge is -2.33. The lowest BCUT2D eigenvalue weighted by molar-refractivity contribution is -0.132. The highest BCUT2D eigenvalue weighted by molar-refractivity contribution is 5.93. The van der Waals surface area contributed by atoms with Gasteiger partial charge in [0.1, 0.15) is 5.78 Å². The average molecular weight is 334 g/mol. The van der Waals surface area contributed by atoms with Crippen LogP contribution in [0.2, 0.25) is 0 Å². The normalized spacial score (nSPS) is 20.9. The number of allylic oxidation sites excluding steroid dienone is 1. The van der Waals surface area contributed by atoms with E-state index in [1.54, 1.807) is 0 Å². The second-order valence-electron chi connectivity index (χ2n) is 6.79. The Morgan fingerprint density at radius 3 is 2.64 bits per heavy atom. The Balaban J connectivity index is 0.000000265. The molecule has 0 heterocycles. The molecule has 1 saturated carbocycles. The molecule has 25 heavy (non-hydrogen) atoms. The highest BCUT2D eigenvalue weighted by Crippen LogP contribution is 2.44. The predicted octanol–water partition coefficient (Wildman–Crippen LogP) is 4.97. The van der Waals surface area contributed by atoms with E-state index >= 15 is 0 Å². The number of hydrogen-bond donors (Lipinski definition) is 1. The van der Waals surface area contributed by atoms with Crippen molar-refractivity contribution in [2.24, 2.45) is 5.92 Å². The van der Waals surface area contributed by atoms with E-state index in [1.165, 1.54) is 28.8 Å². The van der Waals surface area contributed by atoms with Gasteiger partial charge in [0.05, 0.1) is 0 Å². The van der Waals surface area contributed by atoms with Gasteiger partial charge in [-0.15, -0.1) is 0 Å². The fraction of sp³-hybridized carbons (Fsp3) is 0.273. The van der Waals surface area contributed by atoms with Crippen LogP contribution in [0.15, 0.2) is 54.6 Å². The van der Waals surface area contributed by atoms with E-state index in [0.717, 1.165) is 19.3 Å². The van der Waals surface area contributed by atoms with Crippen molar-refractivity contribution in [1.82, 2.24) is 0 Å². The number of Topliss-reactive ketones (excluding diaryl/α,β-unsaturated/α-hetero) is 1. The molecule has 4 rings (SSSR count). The minimum Gasteiger partial charge on any atom is -0.478 e. The third-order valence-electron chi connectivity index (χ3n) is 4.99. The van der Waals surface area contributed by atoms with Gasteiger partial charge in [0.2, 0.25) is 0 Å². The van der Waals surface area contributed by atoms with E-state index < -0.39 is 5.97 Å². The van der Waals surface area contributed by atoms with Crippen LogP contribution in [0.4, 0.5) is 0 Å². The van der Waals surface area contributed by atoms with Crippen LogP contribution in [0.5, 0.6) is 0 Å². The van der Waals surface area contributed by atoms with Crippen molar-refractivity contribution in [2.75, 3.05) is 0 Å². The molecule has 3 heteroatoms. The van der Waals surface area contributed by atoms with Crippen LogP contribution in [0.25, 0.3) is 16.8 Å². The maximum Gasteiger partial charge on any atom is 0.330 e. The van der Waals surface area contributed by atoms with Gasteiger partial charge in [0.15, 0.2) is 0 Å². The molecule has 0 bridgehead atoms. The molecule has 128 valence electrons. The molecular weight excluding hydrogens is 312 g/mol. The van der Waals surface area contributed by atoms with Crippen LogP contribution in [0.3, 0.4) is 0 Å². The first-order chi connectivity index (χ1) is 12.0. The SMILES string of the molecule is C=C(C)C(=O)O.O=C1CCC2c3ccc4ccccc4c3C=CC2C1. The Morgan fingerprint density at radius 2 is 1.92 bits per heavy atom. The summed E-state index contributed by atoms with van der Waals surface area (Å²) < 4.78 is 0. The molecule has 0 spiro atoms. The summed E-state index contributed by atoms with van der Waals surface area (Å²) in [5.41, 5.74) is 2.99. The number of carbonyl (C=O) groups excluding carboxylic acids is 1. The molecule has 2 aliphatic rings. The fourth-order valence-electron chi connectivity index (χ4n) is 3.67. The topological polar surface area (TPSA) is 54.4 Å². The van der Waals surface area contributed by atoms with Gasteiger partial charge in [-0.05, 0) is 47.1 Å². The molecule has 0 aliphatic heterocycles. The van der Waals surface area contributed by atoms with Crippen LogP contribution < -0.4 is 0 Å². The van der Waals surface area contributed by atoms with Crippen molar-refractivity contribution < 1.29 is 14.7 Å². The Morgan fingerprint density at radius 1 is 1.20 bits per heavy atom. The fourth-order valence-corrected chi connectivity index (χ4v) is 3.67. The zero-order chi connectivity index (χ0) is 18.0. The van der Waals surface area contributed by atoms with Crippen LogP contribution in [0.1, 0.15) is 43.2 Å². The highest BCUT2D eigenvalue weighted by atomic mass is 16.4. The largest absolute Gasteiger partial charge is 0.478 e. The number of carboxylic acid groups (broad SMARTS) is 1. The minimum absolute atomic E-state index is 0.176. The molecule has 0 aromatic heterocycles. The van der Waals surface area contributed by atoms with Gasteiger partial charge in [-0.25, -0.2) is 4.79 Å². The summed E-state index contributed by atoms with van der Waals surface area (Å²) in [6.45, 7) is 4.60. The van der Waals surface area contributed by atoms with Crippen LogP contribution in [-0.4, -0.2) is 16.9 Å². The molecule has 2 aromatic rings. The van der Waals surface area contributed by atoms with E-state index in [9.17, 15) is 9.59 Å². The third-order valence-corrected chi connectivity index (χ3v) is 4.99. The zero-order valence-electron chi connectivity index (χ0n) is 14.4. The molecular formula is C22H22O3. The number of carbonyl (C=O) groups is 2. The van der Waals surface area contributed by atoms with Crippen LogP contribution in [0, 0.1) is 5.92 Å². The molecule has 2 unspecified atom stereocenters. The summed E-state index contributed by atoms with van der Waals surface area (Å²) >= 11 is 0. The number of fused-ring (bicyclic) bond motifs is 5. The predicted molar refractivity (Wildman–Crippen MR) is 101 cm³/mol. The molecule has 1 fully saturated rings. The second-order valence-corrected chi connectivity index (χ2v) is 6.79. The molecule has 0 radical (unpaired) electrons. The lowest BCUT2D eigenvalue weighted by atomic mass is 9.70. The first kappa shape index (κ1) is 17.2. The van der Waals surface area contributed by atoms with Gasteiger partial charge in [0, 0.05) is 18.4 Å². The molecule has 0 saturated heterocycles. The van der Waals surface area contributed by atoms with Crippen molar-refractivity contribution in [2.45, 2.75) is 32.1 Å². The van der Waals surface area contributed by atoms with Crippen molar-refractivity contribution >= 4 is 28.6 Å². The Kier molecular flexibility index (Phi) is 4.84. The summed E-state index contributed by atoms with van der Waals surface area (Å²) in [7, 11) is 0. The van der Waals surface area contributed by atoms with E-state index in [4.69, 9.17) is 5.11 Å². The number of hydrogen-bond acceptors (Lipinski definition) is 2. The van der Waals surface area contributed by atoms with E-state index in [1.807, 2.05) is 0 Å². The maximum absolute atomic E-state index is 11.6. The van der Waals surface area contributed by atoms with Crippen molar-refractivity contribution in [3.8, 4) is 0 Å². The molecule has 0 amide bonds. The average Bonchev–Trinajstić information content (AvgIpc) is 2.61. The molecule has 2 aliphatic carbocycles. The molecule has 2 atom stereocenters. The van der Waals surface area contributed by atoms with E-state index in [0.29, 0.717) is 17.6 Å². The minimum atomic E-state index is -0.935. The number of rotatable bonds is 1. The molecule has 3 nitrogen and oxygen atoms in total. The van der Waals surface area contributed by atoms with Crippen molar-refractivity contribution in [1.29, 1.82) is 0 Å². The van der Waals surface area contributed by atoms with Gasteiger partial charge >= 0.3 is 5.97 Å². The summed E-state index contributed by atoms with van der Waals surface area (Å²) in [4.78, 5) is 21.2. The molecule has 2 aromatic carbocycles. The quantitative estimate of drug-likeness (QED) is 0.749. The Labute approximate surface area is 147 Å². The van der Waals surface area contributed by atoms with E-state index in [2.05, 4.69) is 55.1 Å². The van der Waals surface area contributed by atoms with Gasteiger partial charge in [0.25, 0.3) is 0 Å². The monoisotopic (exact) mass is 334 g/mol. The van der Waals surface area contributed by atoms with E-state index in [-0.39, 0.29) is 5.57 Å². The molecule has 1 N–H and O–H groups in total. The van der Waals surface area contributed by atoms with Gasteiger partial charge < -0.3 is 5.11 Å². The van der Waals surface area contributed by atoms with Crippen LogP contribution >= 0.6 is 0 Å². The Hall–Kier alpha value is -2.68. The summed E-state index contributed by atoms with van der Waals surface area (Å²) in [5.74, 6) is 0.461. The first-order valence-electron chi connectivity index (χ1n) is 8.57. The smallest absolute Gasteiger partial charge is 0.330 e. The standard InChI is InChI=1S/C18H16O.C4H6O2/c19-14-7-10-16-13(11-14)6-9-17-15-4-2-1-3-12(15)5-8-18(16)17;1-3(2)4(5)6/h1-6,8-9,13,16H,7,10-11H2;1H2,2H3,(H,5,6). The summed E-state index contributed by atoms with van der Waals surface area (Å²) in [6, 6.07) is 13.1. The number of benzene rings is 2. The number of ketones is 1. The second kappa shape index (κ2) is 7.06. The lowest BCUT2D eigenvalue weighted by Crippen LogP contribution is -2.24. The summed E-state index contributed by atoms with van der Waals surface area (Å²) in [5, 5.41) is 10.5. The Bertz CT molecular complexity index is 864. The maximum atomic E-state index is 11.6. The first-order valence-corrected chi connectivity index (χ1v) is 8.57. The van der Waals surface area contributed by atoms with Crippen molar-refractivity contribution in [3.05, 3.63) is 65.8 Å². The van der Waals surface area contributed by atoms with Crippen molar-refractivity contribution in [3.63, 3.8) is 0 Å². The zero-order valence-corrected chi connectivity index (χ0v) is 14.4. The summed E-state index contributed by atoms with van der Waals surface area (Å²) in [6.07, 6.45) is 6.99.